The molecule has 0 spiro atoms. The first-order valence-electron chi connectivity index (χ1n) is 10.5. The van der Waals surface area contributed by atoms with Gasteiger partial charge < -0.3 is 19.5 Å². The van der Waals surface area contributed by atoms with E-state index in [1.807, 2.05) is 29.2 Å². The number of H-pyrrole nitrogens is 1. The number of fused-ring (bicyclic) bond motifs is 1. The van der Waals surface area contributed by atoms with Crippen molar-refractivity contribution in [1.82, 2.24) is 14.8 Å². The lowest BCUT2D eigenvalue weighted by Crippen LogP contribution is -2.37. The number of nitrogens with zero attached hydrogens (tertiary/aromatic N) is 2. The smallest absolute Gasteiger partial charge is 0.270 e. The fourth-order valence-electron chi connectivity index (χ4n) is 3.98. The number of halogens is 1. The zero-order chi connectivity index (χ0) is 21.8. The Morgan fingerprint density at radius 2 is 1.77 bits per heavy atom. The lowest BCUT2D eigenvalue weighted by Gasteiger charge is -2.22. The normalized spacial score (nSPS) is 14.5. The number of nitrogens with one attached hydrogen (secondary N) is 1. The summed E-state index contributed by atoms with van der Waals surface area (Å²) in [6.07, 6.45) is 1.82. The molecule has 162 valence electrons. The van der Waals surface area contributed by atoms with Gasteiger partial charge in [-0.3, -0.25) is 9.59 Å². The van der Waals surface area contributed by atoms with Crippen molar-refractivity contribution in [3.63, 3.8) is 0 Å². The van der Waals surface area contributed by atoms with Crippen LogP contribution in [0.1, 0.15) is 28.9 Å². The molecule has 4 rings (SSSR count). The second kappa shape index (κ2) is 9.20. The number of hydrogen-bond donors (Lipinski definition) is 1. The second-order valence-corrected chi connectivity index (χ2v) is 7.76. The van der Waals surface area contributed by atoms with Gasteiger partial charge in [0, 0.05) is 43.5 Å². The van der Waals surface area contributed by atoms with Crippen LogP contribution in [0.3, 0.4) is 0 Å². The van der Waals surface area contributed by atoms with E-state index < -0.39 is 0 Å². The fraction of sp³-hybridized carbons (Fsp3) is 0.333. The van der Waals surface area contributed by atoms with Gasteiger partial charge in [0.2, 0.25) is 5.91 Å². The molecule has 1 fully saturated rings. The summed E-state index contributed by atoms with van der Waals surface area (Å²) in [6.45, 7) is 2.16. The molecule has 0 atom stereocenters. The van der Waals surface area contributed by atoms with Crippen LogP contribution in [0.15, 0.2) is 48.5 Å². The highest BCUT2D eigenvalue weighted by molar-refractivity contribution is 5.98. The highest BCUT2D eigenvalue weighted by Crippen LogP contribution is 2.20. The third kappa shape index (κ3) is 4.71. The zero-order valence-electron chi connectivity index (χ0n) is 17.6. The van der Waals surface area contributed by atoms with Crippen molar-refractivity contribution in [1.29, 1.82) is 0 Å². The fourth-order valence-corrected chi connectivity index (χ4v) is 3.98. The van der Waals surface area contributed by atoms with Crippen LogP contribution in [-0.4, -0.2) is 59.9 Å². The maximum Gasteiger partial charge on any atom is 0.270 e. The number of carbonyl (C=O) groups is 2. The minimum absolute atomic E-state index is 0.0952. The van der Waals surface area contributed by atoms with Gasteiger partial charge >= 0.3 is 0 Å². The molecule has 1 N–H and O–H groups in total. The van der Waals surface area contributed by atoms with Crippen molar-refractivity contribution in [3.05, 3.63) is 65.6 Å². The predicted octanol–water partition coefficient (Wildman–Crippen LogP) is 3.62. The molecule has 1 aromatic heterocycles. The highest BCUT2D eigenvalue weighted by Gasteiger charge is 2.24. The maximum absolute atomic E-state index is 13.9. The lowest BCUT2D eigenvalue weighted by atomic mass is 10.1. The molecule has 7 heteroatoms. The van der Waals surface area contributed by atoms with E-state index in [2.05, 4.69) is 4.98 Å². The van der Waals surface area contributed by atoms with Gasteiger partial charge in [-0.2, -0.15) is 0 Å². The van der Waals surface area contributed by atoms with Crippen LogP contribution in [0.25, 0.3) is 10.9 Å². The van der Waals surface area contributed by atoms with Crippen LogP contribution in [-0.2, 0) is 11.2 Å². The van der Waals surface area contributed by atoms with E-state index in [9.17, 15) is 14.0 Å². The maximum atomic E-state index is 13.9. The number of carbonyl (C=O) groups excluding carboxylic acids is 2. The van der Waals surface area contributed by atoms with Crippen LogP contribution in [0.5, 0.6) is 5.75 Å². The minimum atomic E-state index is -0.350. The molecule has 2 heterocycles. The Kier molecular flexibility index (Phi) is 6.21. The van der Waals surface area contributed by atoms with E-state index in [4.69, 9.17) is 4.74 Å². The Morgan fingerprint density at radius 3 is 2.52 bits per heavy atom. The molecule has 0 unspecified atom stereocenters. The largest absolute Gasteiger partial charge is 0.497 e. The summed E-state index contributed by atoms with van der Waals surface area (Å²) < 4.78 is 19.1. The van der Waals surface area contributed by atoms with E-state index in [0.29, 0.717) is 62.0 Å². The van der Waals surface area contributed by atoms with Crippen molar-refractivity contribution in [3.8, 4) is 5.75 Å². The molecule has 3 aromatic rings. The van der Waals surface area contributed by atoms with Gasteiger partial charge in [-0.15, -0.1) is 0 Å². The zero-order valence-corrected chi connectivity index (χ0v) is 17.6. The summed E-state index contributed by atoms with van der Waals surface area (Å²) >= 11 is 0. The molecular weight excluding hydrogens is 397 g/mol. The summed E-state index contributed by atoms with van der Waals surface area (Å²) in [5.41, 5.74) is 2.07. The van der Waals surface area contributed by atoms with Gasteiger partial charge in [0.05, 0.1) is 7.11 Å². The minimum Gasteiger partial charge on any atom is -0.497 e. The number of amides is 2. The molecule has 0 bridgehead atoms. The molecule has 2 aromatic carbocycles. The molecule has 31 heavy (non-hydrogen) atoms. The molecular formula is C24H26FN3O3. The van der Waals surface area contributed by atoms with Crippen LogP contribution >= 0.6 is 0 Å². The quantitative estimate of drug-likeness (QED) is 0.682. The molecule has 0 saturated carbocycles. The van der Waals surface area contributed by atoms with Crippen molar-refractivity contribution < 1.29 is 18.7 Å². The van der Waals surface area contributed by atoms with Crippen molar-refractivity contribution in [2.45, 2.75) is 19.3 Å². The average molecular weight is 423 g/mol. The van der Waals surface area contributed by atoms with E-state index >= 15 is 0 Å². The summed E-state index contributed by atoms with van der Waals surface area (Å²) in [6, 6.07) is 14.0. The van der Waals surface area contributed by atoms with E-state index in [0.717, 1.165) is 11.3 Å². The second-order valence-electron chi connectivity index (χ2n) is 7.76. The average Bonchev–Trinajstić information content (AvgIpc) is 3.09. The Balaban J connectivity index is 1.34. The van der Waals surface area contributed by atoms with E-state index in [1.54, 1.807) is 30.2 Å². The lowest BCUT2D eigenvalue weighted by molar-refractivity contribution is -0.131. The van der Waals surface area contributed by atoms with Crippen LogP contribution < -0.4 is 4.74 Å². The van der Waals surface area contributed by atoms with Gasteiger partial charge in [0.1, 0.15) is 17.3 Å². The van der Waals surface area contributed by atoms with Crippen molar-refractivity contribution >= 4 is 22.7 Å². The van der Waals surface area contributed by atoms with Crippen molar-refractivity contribution in [2.24, 2.45) is 0 Å². The Hall–Kier alpha value is -3.35. The molecule has 1 aliphatic rings. The SMILES string of the molecule is COc1ccc(CCC(=O)N2CCCN(C(=O)c3cc4c(F)cccc4[nH]3)CC2)cc1. The standard InChI is InChI=1S/C24H26FN3O3/c1-31-18-9-6-17(7-10-18)8-11-23(29)27-12-3-13-28(15-14-27)24(30)22-16-19-20(25)4-2-5-21(19)26-22/h2,4-7,9-10,16,26H,3,8,11-15H2,1H3. The number of methoxy groups -OCH3 is 1. The Morgan fingerprint density at radius 1 is 1.03 bits per heavy atom. The molecule has 1 aliphatic heterocycles. The molecule has 0 radical (unpaired) electrons. The first-order valence-corrected chi connectivity index (χ1v) is 10.5. The van der Waals surface area contributed by atoms with Crippen molar-refractivity contribution in [2.75, 3.05) is 33.3 Å². The number of rotatable bonds is 5. The molecule has 6 nitrogen and oxygen atoms in total. The number of aryl methyl sites for hydroxylation is 1. The molecule has 0 aliphatic carbocycles. The number of aromatic amines is 1. The summed E-state index contributed by atoms with van der Waals surface area (Å²) in [5, 5.41) is 0.413. The Bertz CT molecular complexity index is 1080. The third-order valence-electron chi connectivity index (χ3n) is 5.76. The van der Waals surface area contributed by atoms with Gasteiger partial charge in [-0.1, -0.05) is 18.2 Å². The Labute approximate surface area is 180 Å². The number of benzene rings is 2. The summed E-state index contributed by atoms with van der Waals surface area (Å²) in [7, 11) is 1.63. The first kappa shape index (κ1) is 20.9. The third-order valence-corrected chi connectivity index (χ3v) is 5.76. The highest BCUT2D eigenvalue weighted by atomic mass is 19.1. The van der Waals surface area contributed by atoms with Gasteiger partial charge in [0.15, 0.2) is 0 Å². The monoisotopic (exact) mass is 423 g/mol. The number of hydrogen-bond acceptors (Lipinski definition) is 3. The van der Waals surface area contributed by atoms with Crippen LogP contribution in [0, 0.1) is 5.82 Å². The van der Waals surface area contributed by atoms with Gasteiger partial charge in [-0.25, -0.2) is 4.39 Å². The number of aromatic nitrogens is 1. The van der Waals surface area contributed by atoms with E-state index in [-0.39, 0.29) is 17.6 Å². The van der Waals surface area contributed by atoms with Gasteiger partial charge in [0.25, 0.3) is 5.91 Å². The topological polar surface area (TPSA) is 65.6 Å². The summed E-state index contributed by atoms with van der Waals surface area (Å²) in [5.74, 6) is 0.378. The molecule has 2 amide bonds. The van der Waals surface area contributed by atoms with Crippen LogP contribution in [0.4, 0.5) is 4.39 Å². The number of ether oxygens (including phenoxy) is 1. The molecule has 1 saturated heterocycles. The van der Waals surface area contributed by atoms with Gasteiger partial charge in [-0.05, 0) is 48.7 Å². The summed E-state index contributed by atoms with van der Waals surface area (Å²) in [4.78, 5) is 32.2. The van der Waals surface area contributed by atoms with E-state index in [1.165, 1.54) is 6.07 Å². The first-order chi connectivity index (χ1) is 15.0. The van der Waals surface area contributed by atoms with Crippen LogP contribution in [0.2, 0.25) is 0 Å². The predicted molar refractivity (Wildman–Crippen MR) is 117 cm³/mol.